The van der Waals surface area contributed by atoms with Gasteiger partial charge in [-0.15, -0.1) is 0 Å². The summed E-state index contributed by atoms with van der Waals surface area (Å²) in [6.45, 7) is 5.26. The Kier molecular flexibility index (Phi) is 4.37. The lowest BCUT2D eigenvalue weighted by molar-refractivity contribution is -0.147. The average molecular weight is 276 g/mol. The third-order valence-corrected chi connectivity index (χ3v) is 4.01. The third-order valence-electron chi connectivity index (χ3n) is 2.92. The van der Waals surface area contributed by atoms with E-state index in [4.69, 9.17) is 0 Å². The normalized spacial score (nSPS) is 23.2. The van der Waals surface area contributed by atoms with Crippen molar-refractivity contribution < 1.29 is 18.0 Å². The number of hydrogen-bond acceptors (Lipinski definition) is 4. The van der Waals surface area contributed by atoms with E-state index in [-0.39, 0.29) is 30.0 Å². The summed E-state index contributed by atoms with van der Waals surface area (Å²) < 4.78 is 22.5. The predicted octanol–water partition coefficient (Wildman–Crippen LogP) is -0.597. The summed E-state index contributed by atoms with van der Waals surface area (Å²) in [5.41, 5.74) is 0. The van der Waals surface area contributed by atoms with Crippen molar-refractivity contribution in [2.75, 3.05) is 18.6 Å². The van der Waals surface area contributed by atoms with Crippen LogP contribution in [0.15, 0.2) is 0 Å². The summed E-state index contributed by atoms with van der Waals surface area (Å²) in [6.07, 6.45) is 1.12. The van der Waals surface area contributed by atoms with Crippen molar-refractivity contribution in [3.05, 3.63) is 0 Å². The molecule has 1 aliphatic heterocycles. The van der Waals surface area contributed by atoms with Crippen LogP contribution in [0.2, 0.25) is 0 Å². The van der Waals surface area contributed by atoms with Gasteiger partial charge in [0.25, 0.3) is 0 Å². The number of nitrogens with zero attached hydrogens (tertiary/aromatic N) is 1. The van der Waals surface area contributed by atoms with Crippen LogP contribution >= 0.6 is 0 Å². The van der Waals surface area contributed by atoms with E-state index in [2.05, 4.69) is 5.32 Å². The molecule has 6 nitrogen and oxygen atoms in total. The molecule has 0 aromatic rings. The van der Waals surface area contributed by atoms with Gasteiger partial charge in [0.15, 0.2) is 0 Å². The minimum absolute atomic E-state index is 0.0188. The fraction of sp³-hybridized carbons (Fsp3) is 0.818. The standard InChI is InChI=1S/C11H20N2O4S/c1-7(2)10-11(15)13(5-9(14)12-10)8(3)6-18(4,16)17/h7-8,10H,5-6H2,1-4H3,(H,12,14). The fourth-order valence-corrected chi connectivity index (χ4v) is 3.10. The van der Waals surface area contributed by atoms with Gasteiger partial charge in [-0.05, 0) is 12.8 Å². The smallest absolute Gasteiger partial charge is 0.246 e. The van der Waals surface area contributed by atoms with Crippen molar-refractivity contribution in [3.63, 3.8) is 0 Å². The van der Waals surface area contributed by atoms with Crippen molar-refractivity contribution in [1.82, 2.24) is 10.2 Å². The molecule has 1 saturated heterocycles. The van der Waals surface area contributed by atoms with Gasteiger partial charge in [-0.2, -0.15) is 0 Å². The highest BCUT2D eigenvalue weighted by molar-refractivity contribution is 7.90. The molecule has 0 aromatic carbocycles. The van der Waals surface area contributed by atoms with E-state index in [1.54, 1.807) is 6.92 Å². The largest absolute Gasteiger partial charge is 0.343 e. The molecule has 18 heavy (non-hydrogen) atoms. The summed E-state index contributed by atoms with van der Waals surface area (Å²) in [4.78, 5) is 25.1. The second-order valence-corrected chi connectivity index (χ2v) is 7.38. The van der Waals surface area contributed by atoms with Gasteiger partial charge in [0.2, 0.25) is 11.8 Å². The molecule has 0 aromatic heterocycles. The van der Waals surface area contributed by atoms with E-state index >= 15 is 0 Å². The van der Waals surface area contributed by atoms with Gasteiger partial charge in [0.05, 0.1) is 12.3 Å². The monoisotopic (exact) mass is 276 g/mol. The number of carbonyl (C=O) groups is 2. The third kappa shape index (κ3) is 3.69. The number of piperazine rings is 1. The number of sulfone groups is 1. The number of amides is 2. The quantitative estimate of drug-likeness (QED) is 0.743. The van der Waals surface area contributed by atoms with Gasteiger partial charge >= 0.3 is 0 Å². The SMILES string of the molecule is CC(C)C1NC(=O)CN(C(C)CS(C)(=O)=O)C1=O. The van der Waals surface area contributed by atoms with Crippen molar-refractivity contribution >= 4 is 21.7 Å². The second kappa shape index (κ2) is 5.26. The van der Waals surface area contributed by atoms with E-state index in [0.29, 0.717) is 0 Å². The zero-order valence-corrected chi connectivity index (χ0v) is 12.0. The maximum absolute atomic E-state index is 12.2. The Morgan fingerprint density at radius 1 is 1.33 bits per heavy atom. The highest BCUT2D eigenvalue weighted by atomic mass is 32.2. The summed E-state index contributed by atoms with van der Waals surface area (Å²) in [6, 6.07) is -1.05. The van der Waals surface area contributed by atoms with Crippen molar-refractivity contribution in [3.8, 4) is 0 Å². The molecule has 1 N–H and O–H groups in total. The fourth-order valence-electron chi connectivity index (χ4n) is 2.05. The van der Waals surface area contributed by atoms with Crippen LogP contribution in [0.3, 0.4) is 0 Å². The van der Waals surface area contributed by atoms with Gasteiger partial charge < -0.3 is 10.2 Å². The van der Waals surface area contributed by atoms with Gasteiger partial charge in [0.1, 0.15) is 15.9 Å². The van der Waals surface area contributed by atoms with E-state index in [1.807, 2.05) is 13.8 Å². The predicted molar refractivity (Wildman–Crippen MR) is 67.7 cm³/mol. The molecule has 2 atom stereocenters. The van der Waals surface area contributed by atoms with Crippen LogP contribution < -0.4 is 5.32 Å². The molecule has 1 rings (SSSR count). The highest BCUT2D eigenvalue weighted by Gasteiger charge is 2.37. The molecule has 0 aliphatic carbocycles. The Hall–Kier alpha value is -1.11. The number of rotatable bonds is 4. The van der Waals surface area contributed by atoms with E-state index < -0.39 is 21.9 Å². The molecule has 7 heteroatoms. The van der Waals surface area contributed by atoms with Crippen LogP contribution in [-0.2, 0) is 19.4 Å². The Morgan fingerprint density at radius 3 is 2.33 bits per heavy atom. The number of carbonyl (C=O) groups excluding carboxylic acids is 2. The minimum Gasteiger partial charge on any atom is -0.343 e. The van der Waals surface area contributed by atoms with E-state index in [0.717, 1.165) is 6.26 Å². The molecule has 2 amide bonds. The first-order chi connectivity index (χ1) is 8.11. The molecule has 104 valence electrons. The second-order valence-electron chi connectivity index (χ2n) is 5.20. The molecular weight excluding hydrogens is 256 g/mol. The minimum atomic E-state index is -3.18. The van der Waals surface area contributed by atoms with E-state index in [9.17, 15) is 18.0 Å². The Balaban J connectivity index is 2.87. The van der Waals surface area contributed by atoms with Crippen LogP contribution in [0.4, 0.5) is 0 Å². The number of hydrogen-bond donors (Lipinski definition) is 1. The lowest BCUT2D eigenvalue weighted by Gasteiger charge is -2.37. The average Bonchev–Trinajstić information content (AvgIpc) is 2.17. The number of nitrogens with one attached hydrogen (secondary N) is 1. The molecule has 1 aliphatic rings. The molecule has 2 unspecified atom stereocenters. The molecule has 0 spiro atoms. The molecule has 0 radical (unpaired) electrons. The Labute approximate surface area is 108 Å². The van der Waals surface area contributed by atoms with Gasteiger partial charge in [-0.3, -0.25) is 9.59 Å². The first-order valence-electron chi connectivity index (χ1n) is 5.89. The Bertz CT molecular complexity index is 444. The molecule has 1 fully saturated rings. The summed E-state index contributed by atoms with van der Waals surface area (Å²) in [7, 11) is -3.18. The van der Waals surface area contributed by atoms with Gasteiger partial charge in [-0.25, -0.2) is 8.42 Å². The van der Waals surface area contributed by atoms with Gasteiger partial charge in [-0.1, -0.05) is 13.8 Å². The zero-order valence-electron chi connectivity index (χ0n) is 11.1. The van der Waals surface area contributed by atoms with Gasteiger partial charge in [0, 0.05) is 12.3 Å². The van der Waals surface area contributed by atoms with Crippen LogP contribution in [0, 0.1) is 5.92 Å². The summed E-state index contributed by atoms with van der Waals surface area (Å²) in [5.74, 6) is -0.597. The molecule has 0 saturated carbocycles. The molecule has 0 bridgehead atoms. The van der Waals surface area contributed by atoms with Crippen molar-refractivity contribution in [2.24, 2.45) is 5.92 Å². The lowest BCUT2D eigenvalue weighted by atomic mass is 10.00. The topological polar surface area (TPSA) is 83.6 Å². The zero-order chi connectivity index (χ0) is 14.1. The Morgan fingerprint density at radius 2 is 1.89 bits per heavy atom. The van der Waals surface area contributed by atoms with Crippen molar-refractivity contribution in [2.45, 2.75) is 32.9 Å². The van der Waals surface area contributed by atoms with Crippen LogP contribution in [-0.4, -0.2) is 55.8 Å². The van der Waals surface area contributed by atoms with Crippen molar-refractivity contribution in [1.29, 1.82) is 0 Å². The highest BCUT2D eigenvalue weighted by Crippen LogP contribution is 2.14. The van der Waals surface area contributed by atoms with Crippen LogP contribution in [0.5, 0.6) is 0 Å². The maximum atomic E-state index is 12.2. The maximum Gasteiger partial charge on any atom is 0.246 e. The van der Waals surface area contributed by atoms with Crippen LogP contribution in [0.25, 0.3) is 0 Å². The molecular formula is C11H20N2O4S. The first-order valence-corrected chi connectivity index (χ1v) is 7.95. The summed E-state index contributed by atoms with van der Waals surface area (Å²) >= 11 is 0. The summed E-state index contributed by atoms with van der Waals surface area (Å²) in [5, 5.41) is 2.63. The first kappa shape index (κ1) is 14.9. The van der Waals surface area contributed by atoms with Crippen LogP contribution in [0.1, 0.15) is 20.8 Å². The van der Waals surface area contributed by atoms with E-state index in [1.165, 1.54) is 4.90 Å². The molecule has 1 heterocycles. The lowest BCUT2D eigenvalue weighted by Crippen LogP contribution is -2.62.